The molecule has 0 radical (unpaired) electrons. The SMILES string of the molecule is FC(F)(F)C1CCCC(NCc2coc3ccccc23)C1. The van der Waals surface area contributed by atoms with Crippen LogP contribution in [-0.4, -0.2) is 12.2 Å². The van der Waals surface area contributed by atoms with Gasteiger partial charge in [-0.3, -0.25) is 0 Å². The molecule has 3 rings (SSSR count). The number of furan rings is 1. The van der Waals surface area contributed by atoms with Gasteiger partial charge in [0.25, 0.3) is 0 Å². The van der Waals surface area contributed by atoms with Gasteiger partial charge in [0, 0.05) is 23.5 Å². The van der Waals surface area contributed by atoms with Gasteiger partial charge in [0.2, 0.25) is 0 Å². The summed E-state index contributed by atoms with van der Waals surface area (Å²) < 4.78 is 43.8. The van der Waals surface area contributed by atoms with E-state index in [0.717, 1.165) is 23.0 Å². The third kappa shape index (κ3) is 3.23. The van der Waals surface area contributed by atoms with Gasteiger partial charge in [0.15, 0.2) is 0 Å². The van der Waals surface area contributed by atoms with Crippen LogP contribution in [-0.2, 0) is 6.54 Å². The molecule has 1 aromatic carbocycles. The van der Waals surface area contributed by atoms with Crippen molar-refractivity contribution in [3.05, 3.63) is 36.1 Å². The van der Waals surface area contributed by atoms with Crippen molar-refractivity contribution in [2.24, 2.45) is 5.92 Å². The fourth-order valence-corrected chi connectivity index (χ4v) is 3.10. The Kier molecular flexibility index (Phi) is 3.93. The smallest absolute Gasteiger partial charge is 0.391 e. The van der Waals surface area contributed by atoms with Gasteiger partial charge in [-0.1, -0.05) is 24.6 Å². The zero-order valence-electron chi connectivity index (χ0n) is 11.6. The summed E-state index contributed by atoms with van der Waals surface area (Å²) in [6.45, 7) is 0.548. The van der Waals surface area contributed by atoms with Crippen LogP contribution in [0.15, 0.2) is 34.9 Å². The molecule has 0 bridgehead atoms. The summed E-state index contributed by atoms with van der Waals surface area (Å²) in [6.07, 6.45) is -0.504. The van der Waals surface area contributed by atoms with E-state index in [1.54, 1.807) is 6.26 Å². The van der Waals surface area contributed by atoms with Crippen LogP contribution < -0.4 is 5.32 Å². The lowest BCUT2D eigenvalue weighted by atomic mass is 9.85. The molecule has 21 heavy (non-hydrogen) atoms. The predicted octanol–water partition coefficient (Wildman–Crippen LogP) is 4.64. The van der Waals surface area contributed by atoms with Crippen LogP contribution in [0, 0.1) is 5.92 Å². The quantitative estimate of drug-likeness (QED) is 0.892. The van der Waals surface area contributed by atoms with Crippen molar-refractivity contribution in [1.82, 2.24) is 5.32 Å². The van der Waals surface area contributed by atoms with Gasteiger partial charge in [0.1, 0.15) is 5.58 Å². The largest absolute Gasteiger partial charge is 0.464 e. The zero-order chi connectivity index (χ0) is 14.9. The predicted molar refractivity (Wildman–Crippen MR) is 74.9 cm³/mol. The van der Waals surface area contributed by atoms with Gasteiger partial charge in [0.05, 0.1) is 12.2 Å². The molecule has 0 amide bonds. The molecular weight excluding hydrogens is 279 g/mol. The van der Waals surface area contributed by atoms with Crippen molar-refractivity contribution in [1.29, 1.82) is 0 Å². The Morgan fingerprint density at radius 1 is 1.19 bits per heavy atom. The number of fused-ring (bicyclic) bond motifs is 1. The lowest BCUT2D eigenvalue weighted by Gasteiger charge is -2.31. The molecule has 0 saturated heterocycles. The number of rotatable bonds is 3. The minimum Gasteiger partial charge on any atom is -0.464 e. The van der Waals surface area contributed by atoms with Crippen LogP contribution in [0.2, 0.25) is 0 Å². The molecule has 5 heteroatoms. The molecule has 2 atom stereocenters. The third-order valence-corrected chi connectivity index (χ3v) is 4.28. The van der Waals surface area contributed by atoms with E-state index >= 15 is 0 Å². The number of halogens is 3. The van der Waals surface area contributed by atoms with E-state index in [9.17, 15) is 13.2 Å². The van der Waals surface area contributed by atoms with E-state index in [1.165, 1.54) is 0 Å². The first-order chi connectivity index (χ1) is 10.0. The van der Waals surface area contributed by atoms with Gasteiger partial charge in [-0.2, -0.15) is 13.2 Å². The molecule has 1 aliphatic carbocycles. The maximum Gasteiger partial charge on any atom is 0.391 e. The monoisotopic (exact) mass is 297 g/mol. The normalized spacial score (nSPS) is 23.6. The molecule has 1 saturated carbocycles. The van der Waals surface area contributed by atoms with E-state index in [2.05, 4.69) is 5.32 Å². The van der Waals surface area contributed by atoms with Crippen LogP contribution in [0.4, 0.5) is 13.2 Å². The van der Waals surface area contributed by atoms with Gasteiger partial charge in [-0.15, -0.1) is 0 Å². The average Bonchev–Trinajstić information content (AvgIpc) is 2.88. The fraction of sp³-hybridized carbons (Fsp3) is 0.500. The van der Waals surface area contributed by atoms with E-state index in [1.807, 2.05) is 24.3 Å². The van der Waals surface area contributed by atoms with E-state index in [4.69, 9.17) is 4.42 Å². The fourth-order valence-electron chi connectivity index (χ4n) is 3.10. The number of para-hydroxylation sites is 1. The molecule has 1 aromatic heterocycles. The molecule has 114 valence electrons. The number of hydrogen-bond acceptors (Lipinski definition) is 2. The average molecular weight is 297 g/mol. The molecule has 2 aromatic rings. The third-order valence-electron chi connectivity index (χ3n) is 4.28. The standard InChI is InChI=1S/C16H18F3NO/c17-16(18,19)12-4-3-5-13(8-12)20-9-11-10-21-15-7-2-1-6-14(11)15/h1-2,6-7,10,12-13,20H,3-5,8-9H2. The lowest BCUT2D eigenvalue weighted by molar-refractivity contribution is -0.183. The molecular formula is C16H18F3NO. The van der Waals surface area contributed by atoms with Crippen LogP contribution in [0.1, 0.15) is 31.2 Å². The molecule has 1 heterocycles. The van der Waals surface area contributed by atoms with Crippen molar-refractivity contribution >= 4 is 11.0 Å². The van der Waals surface area contributed by atoms with Crippen LogP contribution in [0.5, 0.6) is 0 Å². The Hall–Kier alpha value is -1.49. The van der Waals surface area contributed by atoms with Gasteiger partial charge < -0.3 is 9.73 Å². The van der Waals surface area contributed by atoms with Gasteiger partial charge in [-0.25, -0.2) is 0 Å². The second-order valence-corrected chi connectivity index (χ2v) is 5.74. The summed E-state index contributed by atoms with van der Waals surface area (Å²) in [4.78, 5) is 0. The van der Waals surface area contributed by atoms with E-state index in [-0.39, 0.29) is 18.9 Å². The number of nitrogens with one attached hydrogen (secondary N) is 1. The van der Waals surface area contributed by atoms with Crippen molar-refractivity contribution in [2.75, 3.05) is 0 Å². The summed E-state index contributed by atoms with van der Waals surface area (Å²) in [6, 6.07) is 7.62. The Labute approximate surface area is 121 Å². The van der Waals surface area contributed by atoms with Crippen LogP contribution in [0.3, 0.4) is 0 Å². The molecule has 1 fully saturated rings. The summed E-state index contributed by atoms with van der Waals surface area (Å²) in [5, 5.41) is 4.28. The van der Waals surface area contributed by atoms with Crippen molar-refractivity contribution < 1.29 is 17.6 Å². The summed E-state index contributed by atoms with van der Waals surface area (Å²) in [5.41, 5.74) is 1.81. The molecule has 1 aliphatic rings. The molecule has 0 aliphatic heterocycles. The Balaban J connectivity index is 1.62. The number of alkyl halides is 3. The highest BCUT2D eigenvalue weighted by atomic mass is 19.4. The zero-order valence-corrected chi connectivity index (χ0v) is 11.6. The second-order valence-electron chi connectivity index (χ2n) is 5.74. The molecule has 0 spiro atoms. The minimum atomic E-state index is -4.07. The second kappa shape index (κ2) is 5.72. The van der Waals surface area contributed by atoms with Crippen LogP contribution in [0.25, 0.3) is 11.0 Å². The lowest BCUT2D eigenvalue weighted by Crippen LogP contribution is -2.38. The number of hydrogen-bond donors (Lipinski definition) is 1. The highest BCUT2D eigenvalue weighted by molar-refractivity contribution is 5.80. The van der Waals surface area contributed by atoms with Crippen LogP contribution >= 0.6 is 0 Å². The maximum atomic E-state index is 12.8. The minimum absolute atomic E-state index is 0.0703. The van der Waals surface area contributed by atoms with Crippen molar-refractivity contribution in [3.8, 4) is 0 Å². The summed E-state index contributed by atoms with van der Waals surface area (Å²) in [7, 11) is 0. The number of benzene rings is 1. The van der Waals surface area contributed by atoms with Gasteiger partial charge >= 0.3 is 6.18 Å². The first kappa shape index (κ1) is 14.4. The highest BCUT2D eigenvalue weighted by Crippen LogP contribution is 2.37. The molecule has 1 N–H and O–H groups in total. The molecule has 2 unspecified atom stereocenters. The highest BCUT2D eigenvalue weighted by Gasteiger charge is 2.41. The summed E-state index contributed by atoms with van der Waals surface area (Å²) >= 11 is 0. The summed E-state index contributed by atoms with van der Waals surface area (Å²) in [5.74, 6) is -1.16. The van der Waals surface area contributed by atoms with E-state index < -0.39 is 12.1 Å². The Morgan fingerprint density at radius 3 is 2.81 bits per heavy atom. The Morgan fingerprint density at radius 2 is 2.00 bits per heavy atom. The van der Waals surface area contributed by atoms with Crippen molar-refractivity contribution in [2.45, 2.75) is 44.4 Å². The van der Waals surface area contributed by atoms with E-state index in [0.29, 0.717) is 13.0 Å². The maximum absolute atomic E-state index is 12.8. The van der Waals surface area contributed by atoms with Gasteiger partial charge in [-0.05, 0) is 25.3 Å². The molecule has 2 nitrogen and oxygen atoms in total. The topological polar surface area (TPSA) is 25.2 Å². The first-order valence-electron chi connectivity index (χ1n) is 7.29. The first-order valence-corrected chi connectivity index (χ1v) is 7.29. The van der Waals surface area contributed by atoms with Crippen molar-refractivity contribution in [3.63, 3.8) is 0 Å². The Bertz CT molecular complexity index is 605.